The smallest absolute Gasteiger partial charge is 0.0644 e. The highest BCUT2D eigenvalue weighted by molar-refractivity contribution is 5.28. The maximum Gasteiger partial charge on any atom is 0.0644 e. The average molecular weight is 148 g/mol. The number of rotatable bonds is 2. The summed E-state index contributed by atoms with van der Waals surface area (Å²) in [6.45, 7) is 2.17. The van der Waals surface area contributed by atoms with Gasteiger partial charge in [0.25, 0.3) is 0 Å². The van der Waals surface area contributed by atoms with E-state index in [2.05, 4.69) is 29.0 Å². The Hall–Kier alpha value is -1.23. The molecule has 0 amide bonds. The summed E-state index contributed by atoms with van der Waals surface area (Å²) in [4.78, 5) is 0. The highest BCUT2D eigenvalue weighted by atomic mass is 15.1. The lowest BCUT2D eigenvalue weighted by Crippen LogP contribution is -1.68. The van der Waals surface area contributed by atoms with Gasteiger partial charge in [-0.15, -0.1) is 0 Å². The standard InChI is InChI=1S/C9H12N2/c1-2-3-4-5-6-9-7-10-11-8-9/h7-8H,2-4H2,1H3,(H,10,11). The summed E-state index contributed by atoms with van der Waals surface area (Å²) in [6, 6.07) is 0. The van der Waals surface area contributed by atoms with Crippen LogP contribution in [-0.2, 0) is 0 Å². The molecule has 0 aliphatic rings. The molecule has 1 N–H and O–H groups in total. The largest absolute Gasteiger partial charge is 0.284 e. The number of aromatic amines is 1. The fraction of sp³-hybridized carbons (Fsp3) is 0.444. The minimum Gasteiger partial charge on any atom is -0.284 e. The van der Waals surface area contributed by atoms with Crippen molar-refractivity contribution in [3.05, 3.63) is 18.0 Å². The molecule has 0 radical (unpaired) electrons. The number of hydrogen-bond acceptors (Lipinski definition) is 1. The summed E-state index contributed by atoms with van der Waals surface area (Å²) in [5, 5.41) is 6.51. The maximum atomic E-state index is 3.79. The van der Waals surface area contributed by atoms with Crippen molar-refractivity contribution >= 4 is 0 Å². The molecule has 1 aromatic heterocycles. The van der Waals surface area contributed by atoms with E-state index in [1.165, 1.54) is 12.8 Å². The first-order chi connectivity index (χ1) is 5.43. The van der Waals surface area contributed by atoms with Gasteiger partial charge in [-0.1, -0.05) is 25.2 Å². The molecule has 0 unspecified atom stereocenters. The number of nitrogens with zero attached hydrogens (tertiary/aromatic N) is 1. The number of H-pyrrole nitrogens is 1. The van der Waals surface area contributed by atoms with Crippen molar-refractivity contribution in [1.82, 2.24) is 10.2 Å². The second-order valence-electron chi connectivity index (χ2n) is 2.39. The van der Waals surface area contributed by atoms with Gasteiger partial charge >= 0.3 is 0 Å². The van der Waals surface area contributed by atoms with Crippen molar-refractivity contribution in [2.24, 2.45) is 0 Å². The molecule has 0 bridgehead atoms. The van der Waals surface area contributed by atoms with Gasteiger partial charge in [0.1, 0.15) is 0 Å². The Labute approximate surface area is 67.0 Å². The fourth-order valence-corrected chi connectivity index (χ4v) is 0.749. The summed E-state index contributed by atoms with van der Waals surface area (Å²) in [7, 11) is 0. The molecule has 2 nitrogen and oxygen atoms in total. The molecule has 58 valence electrons. The molecular weight excluding hydrogens is 136 g/mol. The van der Waals surface area contributed by atoms with Gasteiger partial charge in [0, 0.05) is 12.6 Å². The average Bonchev–Trinajstić information content (AvgIpc) is 2.50. The normalized spacial score (nSPS) is 8.82. The Morgan fingerprint density at radius 3 is 3.18 bits per heavy atom. The number of hydrogen-bond donors (Lipinski definition) is 1. The van der Waals surface area contributed by atoms with E-state index in [1.807, 2.05) is 0 Å². The minimum absolute atomic E-state index is 0.973. The first kappa shape index (κ1) is 7.87. The highest BCUT2D eigenvalue weighted by Crippen LogP contribution is 1.93. The minimum atomic E-state index is 0.973. The van der Waals surface area contributed by atoms with Gasteiger partial charge in [0.2, 0.25) is 0 Å². The lowest BCUT2D eigenvalue weighted by atomic mass is 10.2. The molecule has 0 saturated heterocycles. The van der Waals surface area contributed by atoms with Gasteiger partial charge in [-0.2, -0.15) is 5.10 Å². The molecule has 0 atom stereocenters. The van der Waals surface area contributed by atoms with Crippen LogP contribution >= 0.6 is 0 Å². The Balaban J connectivity index is 2.33. The lowest BCUT2D eigenvalue weighted by Gasteiger charge is -1.82. The van der Waals surface area contributed by atoms with E-state index in [9.17, 15) is 0 Å². The SMILES string of the molecule is CCCCC#Cc1cn[nH]c1. The Morgan fingerprint density at radius 1 is 1.64 bits per heavy atom. The molecule has 1 rings (SSSR count). The lowest BCUT2D eigenvalue weighted by molar-refractivity contribution is 0.828. The molecule has 0 fully saturated rings. The summed E-state index contributed by atoms with van der Waals surface area (Å²) in [5.74, 6) is 6.09. The van der Waals surface area contributed by atoms with Crippen LogP contribution < -0.4 is 0 Å². The summed E-state index contributed by atoms with van der Waals surface area (Å²) in [6.07, 6.45) is 6.92. The van der Waals surface area contributed by atoms with E-state index < -0.39 is 0 Å². The Kier molecular flexibility index (Phi) is 3.27. The molecule has 0 spiro atoms. The Morgan fingerprint density at radius 2 is 2.55 bits per heavy atom. The second-order valence-corrected chi connectivity index (χ2v) is 2.39. The molecule has 11 heavy (non-hydrogen) atoms. The van der Waals surface area contributed by atoms with E-state index in [4.69, 9.17) is 0 Å². The third kappa shape index (κ3) is 2.90. The number of unbranched alkanes of at least 4 members (excludes halogenated alkanes) is 2. The molecule has 0 aliphatic carbocycles. The molecule has 1 aromatic rings. The van der Waals surface area contributed by atoms with Crippen LogP contribution in [-0.4, -0.2) is 10.2 Å². The van der Waals surface area contributed by atoms with Crippen molar-refractivity contribution in [2.75, 3.05) is 0 Å². The number of nitrogens with one attached hydrogen (secondary N) is 1. The van der Waals surface area contributed by atoms with Gasteiger partial charge in [0.15, 0.2) is 0 Å². The molecule has 1 heterocycles. The van der Waals surface area contributed by atoms with Gasteiger partial charge in [0.05, 0.1) is 11.8 Å². The first-order valence-corrected chi connectivity index (χ1v) is 3.91. The predicted molar refractivity (Wildman–Crippen MR) is 45.0 cm³/mol. The third-order valence-corrected chi connectivity index (χ3v) is 1.39. The van der Waals surface area contributed by atoms with Crippen LogP contribution in [0, 0.1) is 11.8 Å². The van der Waals surface area contributed by atoms with Crippen LogP contribution in [0.15, 0.2) is 12.4 Å². The molecule has 0 aromatic carbocycles. The van der Waals surface area contributed by atoms with Crippen LogP contribution in [0.3, 0.4) is 0 Å². The van der Waals surface area contributed by atoms with Gasteiger partial charge in [-0.25, -0.2) is 0 Å². The van der Waals surface area contributed by atoms with Crippen molar-refractivity contribution in [3.8, 4) is 11.8 Å². The number of aromatic nitrogens is 2. The zero-order valence-electron chi connectivity index (χ0n) is 6.72. The van der Waals surface area contributed by atoms with Crippen molar-refractivity contribution < 1.29 is 0 Å². The van der Waals surface area contributed by atoms with Gasteiger partial charge in [-0.05, 0) is 6.42 Å². The first-order valence-electron chi connectivity index (χ1n) is 3.91. The van der Waals surface area contributed by atoms with Crippen LogP contribution in [0.25, 0.3) is 0 Å². The highest BCUT2D eigenvalue weighted by Gasteiger charge is 1.83. The predicted octanol–water partition coefficient (Wildman–Crippen LogP) is 1.95. The molecule has 2 heteroatoms. The van der Waals surface area contributed by atoms with E-state index in [-0.39, 0.29) is 0 Å². The van der Waals surface area contributed by atoms with E-state index in [0.29, 0.717) is 0 Å². The Bertz CT molecular complexity index is 238. The zero-order chi connectivity index (χ0) is 7.94. The van der Waals surface area contributed by atoms with Crippen LogP contribution in [0.4, 0.5) is 0 Å². The second kappa shape index (κ2) is 4.56. The zero-order valence-corrected chi connectivity index (χ0v) is 6.72. The van der Waals surface area contributed by atoms with Crippen molar-refractivity contribution in [2.45, 2.75) is 26.2 Å². The molecule has 0 saturated carbocycles. The molecular formula is C9H12N2. The summed E-state index contributed by atoms with van der Waals surface area (Å²) < 4.78 is 0. The monoisotopic (exact) mass is 148 g/mol. The maximum absolute atomic E-state index is 3.79. The topological polar surface area (TPSA) is 28.7 Å². The molecule has 0 aliphatic heterocycles. The van der Waals surface area contributed by atoms with Gasteiger partial charge < -0.3 is 0 Å². The fourth-order valence-electron chi connectivity index (χ4n) is 0.749. The summed E-state index contributed by atoms with van der Waals surface area (Å²) >= 11 is 0. The van der Waals surface area contributed by atoms with Crippen molar-refractivity contribution in [1.29, 1.82) is 0 Å². The van der Waals surface area contributed by atoms with Gasteiger partial charge in [-0.3, -0.25) is 5.10 Å². The van der Waals surface area contributed by atoms with Crippen molar-refractivity contribution in [3.63, 3.8) is 0 Å². The van der Waals surface area contributed by atoms with E-state index in [0.717, 1.165) is 12.0 Å². The van der Waals surface area contributed by atoms with E-state index in [1.54, 1.807) is 12.4 Å². The van der Waals surface area contributed by atoms with Crippen LogP contribution in [0.2, 0.25) is 0 Å². The quantitative estimate of drug-likeness (QED) is 0.504. The van der Waals surface area contributed by atoms with E-state index >= 15 is 0 Å². The third-order valence-electron chi connectivity index (χ3n) is 1.39. The van der Waals surface area contributed by atoms with Crippen LogP contribution in [0.5, 0.6) is 0 Å². The van der Waals surface area contributed by atoms with Crippen LogP contribution in [0.1, 0.15) is 31.7 Å². The summed E-state index contributed by atoms with van der Waals surface area (Å²) in [5.41, 5.74) is 0.973.